The van der Waals surface area contributed by atoms with Crippen molar-refractivity contribution >= 4 is 5.69 Å². The maximum absolute atomic E-state index is 6.03. The molecule has 1 aliphatic carbocycles. The van der Waals surface area contributed by atoms with Crippen molar-refractivity contribution in [3.05, 3.63) is 90.5 Å². The molecule has 0 bridgehead atoms. The number of para-hydroxylation sites is 1. The van der Waals surface area contributed by atoms with E-state index in [-0.39, 0.29) is 0 Å². The highest BCUT2D eigenvalue weighted by atomic mass is 16.5. The van der Waals surface area contributed by atoms with Gasteiger partial charge in [0.1, 0.15) is 11.5 Å². The summed E-state index contributed by atoms with van der Waals surface area (Å²) in [5, 5.41) is 0. The molecule has 1 saturated heterocycles. The molecule has 1 atom stereocenters. The minimum absolute atomic E-state index is 0.589. The van der Waals surface area contributed by atoms with Gasteiger partial charge in [0, 0.05) is 44.0 Å². The van der Waals surface area contributed by atoms with Crippen molar-refractivity contribution in [2.45, 2.75) is 18.9 Å². The van der Waals surface area contributed by atoms with Gasteiger partial charge in [0.25, 0.3) is 0 Å². The molecule has 1 aliphatic heterocycles. The molecule has 148 valence electrons. The summed E-state index contributed by atoms with van der Waals surface area (Å²) in [6.45, 7) is 4.34. The highest BCUT2D eigenvalue weighted by molar-refractivity contribution is 5.52. The van der Waals surface area contributed by atoms with Crippen LogP contribution in [0.15, 0.2) is 84.9 Å². The highest BCUT2D eigenvalue weighted by Crippen LogP contribution is 2.45. The molecule has 3 aromatic carbocycles. The van der Waals surface area contributed by atoms with Gasteiger partial charge in [0.2, 0.25) is 0 Å². The number of ether oxygens (including phenoxy) is 1. The number of hydrogen-bond donors (Lipinski definition) is 0. The molecule has 1 saturated carbocycles. The van der Waals surface area contributed by atoms with Gasteiger partial charge in [-0.1, -0.05) is 54.6 Å². The van der Waals surface area contributed by atoms with Gasteiger partial charge < -0.3 is 9.64 Å². The average molecular weight is 385 g/mol. The van der Waals surface area contributed by atoms with Crippen LogP contribution < -0.4 is 9.64 Å². The van der Waals surface area contributed by atoms with Crippen molar-refractivity contribution < 1.29 is 4.74 Å². The Balaban J connectivity index is 1.25. The SMILES string of the molecule is c1ccc(Oc2cccc(N3CCN(C(c4ccccc4)C4CC4)CC3)c2)cc1. The normalized spacial score (nSPS) is 18.4. The number of rotatable bonds is 6. The van der Waals surface area contributed by atoms with Crippen LogP contribution in [0.1, 0.15) is 24.4 Å². The molecular formula is C26H28N2O. The molecule has 29 heavy (non-hydrogen) atoms. The van der Waals surface area contributed by atoms with Gasteiger partial charge in [0.05, 0.1) is 0 Å². The molecule has 0 spiro atoms. The smallest absolute Gasteiger partial charge is 0.129 e. The van der Waals surface area contributed by atoms with E-state index in [0.29, 0.717) is 6.04 Å². The largest absolute Gasteiger partial charge is 0.457 e. The Morgan fingerprint density at radius 2 is 1.34 bits per heavy atom. The Morgan fingerprint density at radius 3 is 2.03 bits per heavy atom. The summed E-state index contributed by atoms with van der Waals surface area (Å²) in [6.07, 6.45) is 2.75. The van der Waals surface area contributed by atoms with Gasteiger partial charge in [-0.25, -0.2) is 0 Å². The summed E-state index contributed by atoms with van der Waals surface area (Å²) >= 11 is 0. The van der Waals surface area contributed by atoms with Crippen LogP contribution in [0, 0.1) is 5.92 Å². The maximum atomic E-state index is 6.03. The maximum Gasteiger partial charge on any atom is 0.129 e. The summed E-state index contributed by atoms with van der Waals surface area (Å²) in [5.41, 5.74) is 2.74. The van der Waals surface area contributed by atoms with E-state index in [1.165, 1.54) is 24.1 Å². The fourth-order valence-corrected chi connectivity index (χ4v) is 4.47. The van der Waals surface area contributed by atoms with E-state index in [1.54, 1.807) is 0 Å². The number of anilines is 1. The molecule has 2 aliphatic rings. The minimum Gasteiger partial charge on any atom is -0.457 e. The zero-order valence-electron chi connectivity index (χ0n) is 16.8. The first-order chi connectivity index (χ1) is 14.4. The fraction of sp³-hybridized carbons (Fsp3) is 0.308. The standard InChI is InChI=1S/C26H28N2O/c1-3-8-21(9-4-1)26(22-14-15-22)28-18-16-27(17-19-28)23-10-7-13-25(20-23)29-24-11-5-2-6-12-24/h1-13,20,22,26H,14-19H2. The molecule has 0 amide bonds. The zero-order chi connectivity index (χ0) is 19.5. The summed E-state index contributed by atoms with van der Waals surface area (Å²) < 4.78 is 6.03. The fourth-order valence-electron chi connectivity index (χ4n) is 4.47. The van der Waals surface area contributed by atoms with Gasteiger partial charge in [-0.15, -0.1) is 0 Å². The Kier molecular flexibility index (Phi) is 5.23. The third-order valence-corrected chi connectivity index (χ3v) is 6.08. The predicted octanol–water partition coefficient (Wildman–Crippen LogP) is 5.75. The lowest BCUT2D eigenvalue weighted by Crippen LogP contribution is -2.48. The van der Waals surface area contributed by atoms with E-state index in [9.17, 15) is 0 Å². The van der Waals surface area contributed by atoms with Crippen LogP contribution in [0.4, 0.5) is 5.69 Å². The van der Waals surface area contributed by atoms with Crippen molar-refractivity contribution in [1.29, 1.82) is 0 Å². The van der Waals surface area contributed by atoms with E-state index in [4.69, 9.17) is 4.74 Å². The number of piperazine rings is 1. The predicted molar refractivity (Wildman–Crippen MR) is 119 cm³/mol. The topological polar surface area (TPSA) is 15.7 Å². The third-order valence-electron chi connectivity index (χ3n) is 6.08. The van der Waals surface area contributed by atoms with E-state index in [1.807, 2.05) is 36.4 Å². The van der Waals surface area contributed by atoms with E-state index in [0.717, 1.165) is 43.6 Å². The second-order valence-electron chi connectivity index (χ2n) is 8.13. The van der Waals surface area contributed by atoms with Gasteiger partial charge >= 0.3 is 0 Å². The first-order valence-corrected chi connectivity index (χ1v) is 10.7. The number of hydrogen-bond acceptors (Lipinski definition) is 3. The second kappa shape index (κ2) is 8.30. The number of benzene rings is 3. The van der Waals surface area contributed by atoms with Gasteiger partial charge in [-0.3, -0.25) is 4.90 Å². The molecule has 1 heterocycles. The molecular weight excluding hydrogens is 356 g/mol. The summed E-state index contributed by atoms with van der Waals surface area (Å²) in [6, 6.07) is 30.2. The molecule has 2 fully saturated rings. The second-order valence-corrected chi connectivity index (χ2v) is 8.13. The molecule has 3 nitrogen and oxygen atoms in total. The minimum atomic E-state index is 0.589. The number of nitrogens with zero attached hydrogens (tertiary/aromatic N) is 2. The molecule has 1 unspecified atom stereocenters. The van der Waals surface area contributed by atoms with E-state index >= 15 is 0 Å². The van der Waals surface area contributed by atoms with Crippen molar-refractivity contribution in [1.82, 2.24) is 4.90 Å². The van der Waals surface area contributed by atoms with Crippen molar-refractivity contribution in [3.63, 3.8) is 0 Å². The molecule has 0 aromatic heterocycles. The summed E-state index contributed by atoms with van der Waals surface area (Å²) in [4.78, 5) is 5.19. The van der Waals surface area contributed by atoms with Crippen LogP contribution in [0.5, 0.6) is 11.5 Å². The van der Waals surface area contributed by atoms with Crippen LogP contribution in [0.25, 0.3) is 0 Å². The van der Waals surface area contributed by atoms with E-state index in [2.05, 4.69) is 58.3 Å². The Labute approximate surface area is 173 Å². The van der Waals surface area contributed by atoms with Gasteiger partial charge in [0.15, 0.2) is 0 Å². The molecule has 0 N–H and O–H groups in total. The van der Waals surface area contributed by atoms with Crippen LogP contribution in [-0.4, -0.2) is 31.1 Å². The molecule has 5 rings (SSSR count). The quantitative estimate of drug-likeness (QED) is 0.538. The zero-order valence-corrected chi connectivity index (χ0v) is 16.8. The van der Waals surface area contributed by atoms with Crippen LogP contribution >= 0.6 is 0 Å². The van der Waals surface area contributed by atoms with Crippen LogP contribution in [-0.2, 0) is 0 Å². The highest BCUT2D eigenvalue weighted by Gasteiger charge is 2.37. The first kappa shape index (κ1) is 18.3. The van der Waals surface area contributed by atoms with Crippen LogP contribution in [0.2, 0.25) is 0 Å². The van der Waals surface area contributed by atoms with E-state index < -0.39 is 0 Å². The first-order valence-electron chi connectivity index (χ1n) is 10.7. The Bertz CT molecular complexity index is 916. The lowest BCUT2D eigenvalue weighted by Gasteiger charge is -2.40. The monoisotopic (exact) mass is 384 g/mol. The Morgan fingerprint density at radius 1 is 0.690 bits per heavy atom. The van der Waals surface area contributed by atoms with Crippen molar-refractivity contribution in [2.75, 3.05) is 31.1 Å². The summed E-state index contributed by atoms with van der Waals surface area (Å²) in [7, 11) is 0. The van der Waals surface area contributed by atoms with Gasteiger partial charge in [-0.05, 0) is 48.6 Å². The van der Waals surface area contributed by atoms with Gasteiger partial charge in [-0.2, -0.15) is 0 Å². The average Bonchev–Trinajstić information content (AvgIpc) is 3.61. The summed E-state index contributed by atoms with van der Waals surface area (Å²) in [5.74, 6) is 2.62. The molecule has 3 heteroatoms. The lowest BCUT2D eigenvalue weighted by molar-refractivity contribution is 0.167. The van der Waals surface area contributed by atoms with Crippen LogP contribution in [0.3, 0.4) is 0 Å². The van der Waals surface area contributed by atoms with Crippen molar-refractivity contribution in [2.24, 2.45) is 5.92 Å². The molecule has 0 radical (unpaired) electrons. The molecule has 3 aromatic rings. The third kappa shape index (κ3) is 4.30. The Hall–Kier alpha value is -2.78. The lowest BCUT2D eigenvalue weighted by atomic mass is 9.99. The van der Waals surface area contributed by atoms with Crippen molar-refractivity contribution in [3.8, 4) is 11.5 Å².